The smallest absolute Gasteiger partial charge is 0.134 e. The van der Waals surface area contributed by atoms with Crippen LogP contribution in [0.2, 0.25) is 0 Å². The van der Waals surface area contributed by atoms with E-state index in [4.69, 9.17) is 4.74 Å². The zero-order valence-electron chi connectivity index (χ0n) is 19.6. The standard InChI is InChI=1S/C29H36FNO/c1-3-5-7-8-10-20-32-26-17-18-27(28(30)21-26)24-13-15-25(16-14-24)29-19-12-23(22-31-29)11-9-6-4-2/h12-19,21-22H,3-11,20H2,1-2H3. The van der Waals surface area contributed by atoms with E-state index in [0.717, 1.165) is 36.1 Å². The molecule has 3 aromatic rings. The van der Waals surface area contributed by atoms with Crippen LogP contribution >= 0.6 is 0 Å². The molecule has 0 fully saturated rings. The lowest BCUT2D eigenvalue weighted by Gasteiger charge is -2.10. The molecule has 170 valence electrons. The maximum absolute atomic E-state index is 14.7. The molecular weight excluding hydrogens is 397 g/mol. The summed E-state index contributed by atoms with van der Waals surface area (Å²) in [7, 11) is 0. The van der Waals surface area contributed by atoms with E-state index in [2.05, 4.69) is 31.0 Å². The summed E-state index contributed by atoms with van der Waals surface area (Å²) >= 11 is 0. The van der Waals surface area contributed by atoms with Crippen LogP contribution in [0, 0.1) is 5.82 Å². The largest absolute Gasteiger partial charge is 0.493 e. The van der Waals surface area contributed by atoms with Crippen molar-refractivity contribution in [3.8, 4) is 28.1 Å². The molecule has 0 bridgehead atoms. The molecule has 1 heterocycles. The van der Waals surface area contributed by atoms with Crippen molar-refractivity contribution in [2.45, 2.75) is 71.6 Å². The van der Waals surface area contributed by atoms with Gasteiger partial charge in [-0.25, -0.2) is 4.39 Å². The summed E-state index contributed by atoms with van der Waals surface area (Å²) in [6.45, 7) is 5.06. The Kier molecular flexibility index (Phi) is 9.74. The molecule has 0 radical (unpaired) electrons. The van der Waals surface area contributed by atoms with E-state index in [1.54, 1.807) is 6.07 Å². The van der Waals surface area contributed by atoms with Crippen LogP contribution in [0.5, 0.6) is 5.75 Å². The molecular formula is C29H36FNO. The fourth-order valence-corrected chi connectivity index (χ4v) is 3.86. The Morgan fingerprint density at radius 2 is 1.47 bits per heavy atom. The molecule has 0 N–H and O–H groups in total. The number of aryl methyl sites for hydroxylation is 1. The Morgan fingerprint density at radius 3 is 2.16 bits per heavy atom. The molecule has 0 unspecified atom stereocenters. The molecule has 0 aliphatic rings. The fraction of sp³-hybridized carbons (Fsp3) is 0.414. The molecule has 0 saturated heterocycles. The first kappa shape index (κ1) is 24.0. The van der Waals surface area contributed by atoms with Crippen molar-refractivity contribution in [2.75, 3.05) is 6.61 Å². The summed E-state index contributed by atoms with van der Waals surface area (Å²) < 4.78 is 20.4. The quantitative estimate of drug-likeness (QED) is 0.252. The fourth-order valence-electron chi connectivity index (χ4n) is 3.86. The summed E-state index contributed by atoms with van der Waals surface area (Å²) in [5, 5.41) is 0. The number of hydrogen-bond acceptors (Lipinski definition) is 2. The van der Waals surface area contributed by atoms with E-state index < -0.39 is 0 Å². The minimum Gasteiger partial charge on any atom is -0.493 e. The molecule has 0 spiro atoms. The van der Waals surface area contributed by atoms with E-state index >= 15 is 0 Å². The lowest BCUT2D eigenvalue weighted by Crippen LogP contribution is -1.98. The predicted octanol–water partition coefficient (Wildman–Crippen LogP) is 8.64. The van der Waals surface area contributed by atoms with E-state index in [-0.39, 0.29) is 5.82 Å². The van der Waals surface area contributed by atoms with Gasteiger partial charge in [0.1, 0.15) is 11.6 Å². The van der Waals surface area contributed by atoms with Gasteiger partial charge in [-0.2, -0.15) is 0 Å². The van der Waals surface area contributed by atoms with Crippen LogP contribution in [-0.2, 0) is 6.42 Å². The zero-order chi connectivity index (χ0) is 22.6. The van der Waals surface area contributed by atoms with Gasteiger partial charge in [0.15, 0.2) is 0 Å². The molecule has 32 heavy (non-hydrogen) atoms. The van der Waals surface area contributed by atoms with Crippen LogP contribution in [0.1, 0.15) is 70.8 Å². The Hall–Kier alpha value is -2.68. The highest BCUT2D eigenvalue weighted by Gasteiger charge is 2.08. The minimum atomic E-state index is -0.254. The summed E-state index contributed by atoms with van der Waals surface area (Å²) in [6.07, 6.45) is 12.7. The number of pyridine rings is 1. The average molecular weight is 434 g/mol. The Morgan fingerprint density at radius 1 is 0.750 bits per heavy atom. The van der Waals surface area contributed by atoms with Gasteiger partial charge in [-0.15, -0.1) is 0 Å². The summed E-state index contributed by atoms with van der Waals surface area (Å²) in [6, 6.07) is 17.3. The predicted molar refractivity (Wildman–Crippen MR) is 133 cm³/mol. The van der Waals surface area contributed by atoms with Crippen LogP contribution in [0.3, 0.4) is 0 Å². The number of hydrogen-bond donors (Lipinski definition) is 0. The molecule has 3 heteroatoms. The van der Waals surface area contributed by atoms with Crippen LogP contribution in [0.4, 0.5) is 4.39 Å². The van der Waals surface area contributed by atoms with Crippen LogP contribution < -0.4 is 4.74 Å². The van der Waals surface area contributed by atoms with E-state index in [9.17, 15) is 4.39 Å². The number of unbranched alkanes of at least 4 members (excludes halogenated alkanes) is 6. The molecule has 1 aromatic heterocycles. The SMILES string of the molecule is CCCCCCCOc1ccc(-c2ccc(-c3ccc(CCCCC)cn3)cc2)c(F)c1. The van der Waals surface area contributed by atoms with Gasteiger partial charge in [-0.3, -0.25) is 4.98 Å². The van der Waals surface area contributed by atoms with Gasteiger partial charge in [-0.05, 0) is 48.6 Å². The molecule has 0 amide bonds. The topological polar surface area (TPSA) is 22.1 Å². The first-order valence-corrected chi connectivity index (χ1v) is 12.2. The Labute approximate surface area is 192 Å². The zero-order valence-corrected chi connectivity index (χ0v) is 19.6. The van der Waals surface area contributed by atoms with Gasteiger partial charge in [0.2, 0.25) is 0 Å². The maximum Gasteiger partial charge on any atom is 0.134 e. The second-order valence-electron chi connectivity index (χ2n) is 8.49. The van der Waals surface area contributed by atoms with Crippen molar-refractivity contribution >= 4 is 0 Å². The van der Waals surface area contributed by atoms with E-state index in [1.807, 2.05) is 36.5 Å². The van der Waals surface area contributed by atoms with Crippen LogP contribution in [0.25, 0.3) is 22.4 Å². The monoisotopic (exact) mass is 433 g/mol. The number of nitrogens with zero attached hydrogens (tertiary/aromatic N) is 1. The Bertz CT molecular complexity index is 934. The van der Waals surface area contributed by atoms with Crippen molar-refractivity contribution in [2.24, 2.45) is 0 Å². The number of halogens is 1. The van der Waals surface area contributed by atoms with E-state index in [0.29, 0.717) is 17.9 Å². The third-order valence-electron chi connectivity index (χ3n) is 5.84. The van der Waals surface area contributed by atoms with Crippen LogP contribution in [0.15, 0.2) is 60.8 Å². The molecule has 0 saturated carbocycles. The van der Waals surface area contributed by atoms with Gasteiger partial charge in [0.25, 0.3) is 0 Å². The van der Waals surface area contributed by atoms with Crippen molar-refractivity contribution < 1.29 is 9.13 Å². The highest BCUT2D eigenvalue weighted by molar-refractivity contribution is 5.69. The van der Waals surface area contributed by atoms with Crippen molar-refractivity contribution in [3.05, 3.63) is 72.2 Å². The second-order valence-corrected chi connectivity index (χ2v) is 8.49. The Balaban J connectivity index is 1.58. The first-order valence-electron chi connectivity index (χ1n) is 12.2. The van der Waals surface area contributed by atoms with Gasteiger partial charge >= 0.3 is 0 Å². The molecule has 3 rings (SSSR count). The van der Waals surface area contributed by atoms with Crippen molar-refractivity contribution in [3.63, 3.8) is 0 Å². The first-order chi connectivity index (χ1) is 15.7. The summed E-state index contributed by atoms with van der Waals surface area (Å²) in [5.41, 5.74) is 4.71. The third-order valence-corrected chi connectivity index (χ3v) is 5.84. The number of ether oxygens (including phenoxy) is 1. The minimum absolute atomic E-state index is 0.254. The summed E-state index contributed by atoms with van der Waals surface area (Å²) in [5.74, 6) is 0.345. The number of rotatable bonds is 13. The average Bonchev–Trinajstić information content (AvgIpc) is 2.82. The molecule has 2 aromatic carbocycles. The van der Waals surface area contributed by atoms with Crippen molar-refractivity contribution in [1.29, 1.82) is 0 Å². The lowest BCUT2D eigenvalue weighted by atomic mass is 10.0. The van der Waals surface area contributed by atoms with Gasteiger partial charge in [-0.1, -0.05) is 82.7 Å². The normalized spacial score (nSPS) is 11.0. The highest BCUT2D eigenvalue weighted by Crippen LogP contribution is 2.28. The highest BCUT2D eigenvalue weighted by atomic mass is 19.1. The van der Waals surface area contributed by atoms with Crippen molar-refractivity contribution in [1.82, 2.24) is 4.98 Å². The molecule has 0 atom stereocenters. The third kappa shape index (κ3) is 7.19. The van der Waals surface area contributed by atoms with Gasteiger partial charge in [0.05, 0.1) is 12.3 Å². The van der Waals surface area contributed by atoms with Crippen LogP contribution in [-0.4, -0.2) is 11.6 Å². The summed E-state index contributed by atoms with van der Waals surface area (Å²) in [4.78, 5) is 4.62. The molecule has 0 aliphatic carbocycles. The number of benzene rings is 2. The molecule has 2 nitrogen and oxygen atoms in total. The number of aromatic nitrogens is 1. The second kappa shape index (κ2) is 13.0. The van der Waals surface area contributed by atoms with E-state index in [1.165, 1.54) is 50.2 Å². The maximum atomic E-state index is 14.7. The lowest BCUT2D eigenvalue weighted by molar-refractivity contribution is 0.303. The van der Waals surface area contributed by atoms with Gasteiger partial charge in [0, 0.05) is 23.4 Å². The molecule has 0 aliphatic heterocycles. The van der Waals surface area contributed by atoms with Gasteiger partial charge < -0.3 is 4.74 Å².